The molecule has 1 aliphatic rings. The number of anilines is 1. The molecular formula is C18H15F5N4O. The molecule has 1 aliphatic heterocycles. The fourth-order valence-electron chi connectivity index (χ4n) is 2.49. The Bertz CT molecular complexity index is 926. The molecule has 1 fully saturated rings. The van der Waals surface area contributed by atoms with Crippen LogP contribution in [0.2, 0.25) is 0 Å². The number of carbonyl (C=O) groups excluding carboxylic acids is 1. The van der Waals surface area contributed by atoms with Crippen molar-refractivity contribution in [3.8, 4) is 0 Å². The van der Waals surface area contributed by atoms with Crippen LogP contribution in [0.3, 0.4) is 0 Å². The Balaban J connectivity index is 1.87. The molecule has 0 saturated carbocycles. The van der Waals surface area contributed by atoms with Gasteiger partial charge in [0.15, 0.2) is 0 Å². The molecule has 2 N–H and O–H groups in total. The lowest BCUT2D eigenvalue weighted by Crippen LogP contribution is -2.33. The molecule has 0 radical (unpaired) electrons. The molecule has 1 amide bonds. The van der Waals surface area contributed by atoms with Crippen LogP contribution in [0.5, 0.6) is 0 Å². The SMILES string of the molecule is CCc1cc(C(=O)Nc2cc(F)c(C=C3CNC3)c(F)c2)nc(C(F)(F)F)n1. The lowest BCUT2D eigenvalue weighted by Gasteiger charge is -2.18. The smallest absolute Gasteiger partial charge is 0.320 e. The molecule has 1 aromatic heterocycles. The van der Waals surface area contributed by atoms with Crippen molar-refractivity contribution in [2.45, 2.75) is 19.5 Å². The number of hydrogen-bond acceptors (Lipinski definition) is 4. The van der Waals surface area contributed by atoms with Crippen LogP contribution in [-0.4, -0.2) is 29.0 Å². The van der Waals surface area contributed by atoms with Crippen molar-refractivity contribution in [2.24, 2.45) is 0 Å². The van der Waals surface area contributed by atoms with E-state index in [4.69, 9.17) is 0 Å². The quantitative estimate of drug-likeness (QED) is 0.773. The highest BCUT2D eigenvalue weighted by molar-refractivity contribution is 6.03. The van der Waals surface area contributed by atoms with E-state index in [0.29, 0.717) is 13.1 Å². The lowest BCUT2D eigenvalue weighted by atomic mass is 10.1. The Morgan fingerprint density at radius 2 is 1.82 bits per heavy atom. The maximum Gasteiger partial charge on any atom is 0.451 e. The summed E-state index contributed by atoms with van der Waals surface area (Å²) < 4.78 is 67.1. The van der Waals surface area contributed by atoms with Gasteiger partial charge >= 0.3 is 6.18 Å². The minimum atomic E-state index is -4.83. The van der Waals surface area contributed by atoms with Gasteiger partial charge in [-0.25, -0.2) is 18.7 Å². The monoisotopic (exact) mass is 398 g/mol. The van der Waals surface area contributed by atoms with Gasteiger partial charge in [0.25, 0.3) is 5.91 Å². The Hall–Kier alpha value is -2.88. The standard InChI is InChI=1S/C18H15F5N4O/c1-2-10-6-15(27-17(26-10)18(21,22)23)16(28)25-11-4-13(19)12(14(20)5-11)3-9-7-24-8-9/h3-6,24H,2,7-8H2,1H3,(H,25,28). The summed E-state index contributed by atoms with van der Waals surface area (Å²) in [5, 5.41) is 5.11. The predicted octanol–water partition coefficient (Wildman–Crippen LogP) is 3.57. The average Bonchev–Trinajstić information content (AvgIpc) is 2.58. The van der Waals surface area contributed by atoms with E-state index < -0.39 is 35.2 Å². The highest BCUT2D eigenvalue weighted by atomic mass is 19.4. The van der Waals surface area contributed by atoms with Crippen LogP contribution in [0.15, 0.2) is 23.8 Å². The fraction of sp³-hybridized carbons (Fsp3) is 0.278. The lowest BCUT2D eigenvalue weighted by molar-refractivity contribution is -0.145. The number of rotatable bonds is 4. The molecule has 1 aromatic carbocycles. The molecule has 148 valence electrons. The van der Waals surface area contributed by atoms with E-state index in [1.54, 1.807) is 6.92 Å². The minimum Gasteiger partial charge on any atom is -0.320 e. The van der Waals surface area contributed by atoms with Crippen molar-refractivity contribution in [2.75, 3.05) is 18.4 Å². The summed E-state index contributed by atoms with van der Waals surface area (Å²) in [6.45, 7) is 2.64. The zero-order chi connectivity index (χ0) is 20.5. The normalized spacial score (nSPS) is 13.9. The maximum absolute atomic E-state index is 14.2. The predicted molar refractivity (Wildman–Crippen MR) is 91.6 cm³/mol. The zero-order valence-corrected chi connectivity index (χ0v) is 14.6. The Labute approximate surface area is 156 Å². The van der Waals surface area contributed by atoms with Gasteiger partial charge in [-0.05, 0) is 36.3 Å². The second-order valence-corrected chi connectivity index (χ2v) is 6.13. The minimum absolute atomic E-state index is 0.0147. The topological polar surface area (TPSA) is 66.9 Å². The Morgan fingerprint density at radius 1 is 1.18 bits per heavy atom. The molecule has 0 atom stereocenters. The zero-order valence-electron chi connectivity index (χ0n) is 14.6. The largest absolute Gasteiger partial charge is 0.451 e. The first kappa shape index (κ1) is 19.9. The van der Waals surface area contributed by atoms with Crippen LogP contribution < -0.4 is 10.6 Å². The highest BCUT2D eigenvalue weighted by Crippen LogP contribution is 2.27. The van der Waals surface area contributed by atoms with Crippen molar-refractivity contribution < 1.29 is 26.7 Å². The van der Waals surface area contributed by atoms with Gasteiger partial charge in [-0.2, -0.15) is 13.2 Å². The van der Waals surface area contributed by atoms with Crippen LogP contribution in [0.4, 0.5) is 27.6 Å². The number of benzene rings is 1. The molecule has 2 aromatic rings. The van der Waals surface area contributed by atoms with E-state index in [-0.39, 0.29) is 23.4 Å². The van der Waals surface area contributed by atoms with E-state index in [1.165, 1.54) is 6.08 Å². The summed E-state index contributed by atoms with van der Waals surface area (Å²) in [6, 6.07) is 2.89. The van der Waals surface area contributed by atoms with Gasteiger partial charge in [0.1, 0.15) is 17.3 Å². The third-order valence-corrected chi connectivity index (χ3v) is 4.02. The van der Waals surface area contributed by atoms with Crippen LogP contribution in [0.1, 0.15) is 34.5 Å². The molecule has 28 heavy (non-hydrogen) atoms. The summed E-state index contributed by atoms with van der Waals surface area (Å²) in [5.41, 5.74) is -0.196. The summed E-state index contributed by atoms with van der Waals surface area (Å²) in [6.07, 6.45) is -3.31. The number of nitrogens with zero attached hydrogens (tertiary/aromatic N) is 2. The number of carbonyl (C=O) groups is 1. The number of nitrogens with one attached hydrogen (secondary N) is 2. The molecule has 2 heterocycles. The maximum atomic E-state index is 14.2. The third-order valence-electron chi connectivity index (χ3n) is 4.02. The number of halogens is 5. The van der Waals surface area contributed by atoms with Gasteiger partial charge in [0.2, 0.25) is 5.82 Å². The number of amides is 1. The second-order valence-electron chi connectivity index (χ2n) is 6.13. The van der Waals surface area contributed by atoms with Crippen molar-refractivity contribution in [1.29, 1.82) is 0 Å². The van der Waals surface area contributed by atoms with Crippen LogP contribution in [0, 0.1) is 11.6 Å². The fourth-order valence-corrected chi connectivity index (χ4v) is 2.49. The Morgan fingerprint density at radius 3 is 2.32 bits per heavy atom. The van der Waals surface area contributed by atoms with Gasteiger partial charge in [0.05, 0.1) is 0 Å². The molecule has 1 saturated heterocycles. The van der Waals surface area contributed by atoms with Crippen LogP contribution >= 0.6 is 0 Å². The van der Waals surface area contributed by atoms with E-state index in [0.717, 1.165) is 23.8 Å². The van der Waals surface area contributed by atoms with Gasteiger partial charge < -0.3 is 10.6 Å². The summed E-state index contributed by atoms with van der Waals surface area (Å²) >= 11 is 0. The van der Waals surface area contributed by atoms with Crippen LogP contribution in [0.25, 0.3) is 6.08 Å². The molecule has 0 spiro atoms. The molecular weight excluding hydrogens is 383 g/mol. The number of aryl methyl sites for hydroxylation is 1. The number of alkyl halides is 3. The third kappa shape index (κ3) is 4.33. The highest BCUT2D eigenvalue weighted by Gasteiger charge is 2.35. The van der Waals surface area contributed by atoms with E-state index >= 15 is 0 Å². The van der Waals surface area contributed by atoms with E-state index in [2.05, 4.69) is 20.6 Å². The second kappa shape index (κ2) is 7.63. The molecule has 3 rings (SSSR count). The van der Waals surface area contributed by atoms with Crippen molar-refractivity contribution in [1.82, 2.24) is 15.3 Å². The first-order chi connectivity index (χ1) is 13.2. The van der Waals surface area contributed by atoms with E-state index in [9.17, 15) is 26.7 Å². The first-order valence-corrected chi connectivity index (χ1v) is 8.33. The summed E-state index contributed by atoms with van der Waals surface area (Å²) in [5.74, 6) is -4.29. The average molecular weight is 398 g/mol. The van der Waals surface area contributed by atoms with Crippen molar-refractivity contribution in [3.05, 3.63) is 58.2 Å². The van der Waals surface area contributed by atoms with Crippen molar-refractivity contribution in [3.63, 3.8) is 0 Å². The molecule has 0 aliphatic carbocycles. The summed E-state index contributed by atoms with van der Waals surface area (Å²) in [4.78, 5) is 18.8. The van der Waals surface area contributed by atoms with E-state index in [1.807, 2.05) is 0 Å². The summed E-state index contributed by atoms with van der Waals surface area (Å²) in [7, 11) is 0. The van der Waals surface area contributed by atoms with Gasteiger partial charge in [-0.3, -0.25) is 4.79 Å². The first-order valence-electron chi connectivity index (χ1n) is 8.33. The molecule has 0 unspecified atom stereocenters. The molecule has 0 bridgehead atoms. The van der Waals surface area contributed by atoms with Crippen molar-refractivity contribution >= 4 is 17.7 Å². The van der Waals surface area contributed by atoms with Gasteiger partial charge in [-0.1, -0.05) is 6.92 Å². The molecule has 10 heteroatoms. The van der Waals surface area contributed by atoms with Gasteiger partial charge in [0, 0.05) is 30.0 Å². The number of aromatic nitrogens is 2. The van der Waals surface area contributed by atoms with Gasteiger partial charge in [-0.15, -0.1) is 0 Å². The van der Waals surface area contributed by atoms with Crippen LogP contribution in [-0.2, 0) is 12.6 Å². The molecule has 5 nitrogen and oxygen atoms in total. The number of hydrogen-bond donors (Lipinski definition) is 2. The Kier molecular flexibility index (Phi) is 5.41.